The summed E-state index contributed by atoms with van der Waals surface area (Å²) >= 11 is 0. The molecule has 0 atom stereocenters. The molecule has 4 aliphatic rings. The maximum atomic E-state index is 12.7. The van der Waals surface area contributed by atoms with Gasteiger partial charge in [-0.15, -0.1) is 0 Å². The standard InChI is InChI=1S/C20H20N2O.C7H8O3S/c23-20-18-4-2-1-3-16(18)17-6-5-15(13-19(17)20)22-12-11-21-9-7-14(22)8-10-21;1-6-2-4-7(5-3-6)11(8,9)10/h1-6,13-14H,7-12H2;2-5H,1H3,(H,8,9,10). The Hall–Kier alpha value is -3.00. The number of aryl methyl sites for hydroxylation is 1. The van der Waals surface area contributed by atoms with Crippen LogP contribution in [0.4, 0.5) is 5.69 Å². The van der Waals surface area contributed by atoms with Gasteiger partial charge >= 0.3 is 0 Å². The van der Waals surface area contributed by atoms with Gasteiger partial charge in [-0.25, -0.2) is 0 Å². The van der Waals surface area contributed by atoms with Crippen LogP contribution < -0.4 is 4.90 Å². The second-order valence-electron chi connectivity index (χ2n) is 9.16. The molecule has 6 nitrogen and oxygen atoms in total. The summed E-state index contributed by atoms with van der Waals surface area (Å²) in [6.07, 6.45) is 2.48. The zero-order valence-corrected chi connectivity index (χ0v) is 20.0. The lowest BCUT2D eigenvalue weighted by Crippen LogP contribution is -2.37. The second-order valence-corrected chi connectivity index (χ2v) is 10.6. The number of piperidine rings is 1. The van der Waals surface area contributed by atoms with Crippen molar-refractivity contribution in [3.8, 4) is 11.1 Å². The fraction of sp³-hybridized carbons (Fsp3) is 0.296. The molecule has 1 N–H and O–H groups in total. The average Bonchev–Trinajstić information content (AvgIpc) is 3.00. The van der Waals surface area contributed by atoms with Crippen molar-refractivity contribution in [2.24, 2.45) is 0 Å². The summed E-state index contributed by atoms with van der Waals surface area (Å²) in [4.78, 5) is 17.7. The summed E-state index contributed by atoms with van der Waals surface area (Å²) in [6.45, 7) is 6.49. The van der Waals surface area contributed by atoms with E-state index in [4.69, 9.17) is 4.55 Å². The first-order chi connectivity index (χ1) is 16.3. The van der Waals surface area contributed by atoms with Crippen LogP contribution in [0.5, 0.6) is 0 Å². The molecule has 1 aliphatic carbocycles. The number of rotatable bonds is 2. The molecule has 7 heteroatoms. The molecular formula is C27H28N2O4S. The molecule has 3 aliphatic heterocycles. The number of hydrogen-bond donors (Lipinski definition) is 1. The summed E-state index contributed by atoms with van der Waals surface area (Å²) in [6, 6.07) is 21.1. The number of carbonyl (C=O) groups is 1. The van der Waals surface area contributed by atoms with Crippen molar-refractivity contribution in [3.05, 3.63) is 83.4 Å². The minimum absolute atomic E-state index is 0.0666. The van der Waals surface area contributed by atoms with Crippen molar-refractivity contribution in [1.29, 1.82) is 0 Å². The zero-order valence-electron chi connectivity index (χ0n) is 19.1. The summed E-state index contributed by atoms with van der Waals surface area (Å²) < 4.78 is 29.6. The fourth-order valence-electron chi connectivity index (χ4n) is 5.13. The van der Waals surface area contributed by atoms with Crippen LogP contribution in [0.2, 0.25) is 0 Å². The summed E-state index contributed by atoms with van der Waals surface area (Å²) in [5.41, 5.74) is 6.08. The molecule has 0 amide bonds. The van der Waals surface area contributed by atoms with Gasteiger partial charge in [0.1, 0.15) is 0 Å². The van der Waals surface area contributed by atoms with Crippen molar-refractivity contribution in [3.63, 3.8) is 0 Å². The van der Waals surface area contributed by atoms with E-state index in [1.807, 2.05) is 25.1 Å². The van der Waals surface area contributed by atoms with Crippen LogP contribution >= 0.6 is 0 Å². The third-order valence-electron chi connectivity index (χ3n) is 7.02. The smallest absolute Gasteiger partial charge is 0.294 e. The van der Waals surface area contributed by atoms with Crippen molar-refractivity contribution in [2.45, 2.75) is 30.7 Å². The third kappa shape index (κ3) is 4.39. The lowest BCUT2D eigenvalue weighted by atomic mass is 10.0. The number of benzene rings is 3. The number of fused-ring (bicyclic) bond motifs is 7. The molecule has 0 aromatic heterocycles. The van der Waals surface area contributed by atoms with Crippen LogP contribution in [0, 0.1) is 6.92 Å². The summed E-state index contributed by atoms with van der Waals surface area (Å²) in [5.74, 6) is 0.181. The van der Waals surface area contributed by atoms with Gasteiger partial charge in [-0.05, 0) is 55.2 Å². The first kappa shape index (κ1) is 22.8. The van der Waals surface area contributed by atoms with Crippen LogP contribution in [-0.2, 0) is 10.1 Å². The third-order valence-corrected chi connectivity index (χ3v) is 7.88. The topological polar surface area (TPSA) is 77.9 Å². The fourth-order valence-corrected chi connectivity index (χ4v) is 5.61. The predicted molar refractivity (Wildman–Crippen MR) is 133 cm³/mol. The van der Waals surface area contributed by atoms with Gasteiger partial charge in [0.25, 0.3) is 10.1 Å². The van der Waals surface area contributed by atoms with E-state index in [9.17, 15) is 13.2 Å². The molecule has 0 spiro atoms. The van der Waals surface area contributed by atoms with E-state index in [1.54, 1.807) is 12.1 Å². The quantitative estimate of drug-likeness (QED) is 0.432. The Labute approximate surface area is 200 Å². The molecule has 0 radical (unpaired) electrons. The maximum Gasteiger partial charge on any atom is 0.294 e. The lowest BCUT2D eigenvalue weighted by Gasteiger charge is -2.33. The van der Waals surface area contributed by atoms with Gasteiger partial charge in [0.2, 0.25) is 0 Å². The molecule has 176 valence electrons. The average molecular weight is 477 g/mol. The number of anilines is 1. The van der Waals surface area contributed by atoms with E-state index in [2.05, 4.69) is 34.1 Å². The minimum Gasteiger partial charge on any atom is -0.367 e. The molecule has 3 saturated heterocycles. The largest absolute Gasteiger partial charge is 0.367 e. The van der Waals surface area contributed by atoms with E-state index in [0.29, 0.717) is 6.04 Å². The molecule has 3 aromatic carbocycles. The van der Waals surface area contributed by atoms with Crippen molar-refractivity contribution >= 4 is 21.6 Å². The maximum absolute atomic E-state index is 12.7. The van der Waals surface area contributed by atoms with Crippen LogP contribution in [0.1, 0.15) is 34.3 Å². The Bertz CT molecular complexity index is 1330. The SMILES string of the molecule is Cc1ccc(S(=O)(=O)O)cc1.O=C1c2ccccc2-c2ccc(N3CCN4CCC3CC4)cc21. The highest BCUT2D eigenvalue weighted by atomic mass is 32.2. The molecule has 34 heavy (non-hydrogen) atoms. The zero-order chi connectivity index (χ0) is 23.9. The Balaban J connectivity index is 0.000000186. The molecule has 7 rings (SSSR count). The molecular weight excluding hydrogens is 448 g/mol. The van der Waals surface area contributed by atoms with E-state index >= 15 is 0 Å². The number of ketones is 1. The molecule has 2 bridgehead atoms. The summed E-state index contributed by atoms with van der Waals surface area (Å²) in [5, 5.41) is 0. The van der Waals surface area contributed by atoms with E-state index in [0.717, 1.165) is 40.9 Å². The van der Waals surface area contributed by atoms with E-state index in [1.165, 1.54) is 43.8 Å². The van der Waals surface area contributed by atoms with Gasteiger partial charge in [0, 0.05) is 49.0 Å². The Morgan fingerprint density at radius 1 is 0.794 bits per heavy atom. The van der Waals surface area contributed by atoms with Crippen molar-refractivity contribution in [2.75, 3.05) is 31.1 Å². The normalized spacial score (nSPS) is 20.8. The Morgan fingerprint density at radius 2 is 1.44 bits per heavy atom. The van der Waals surface area contributed by atoms with E-state index < -0.39 is 10.1 Å². The van der Waals surface area contributed by atoms with Crippen LogP contribution in [-0.4, -0.2) is 55.9 Å². The highest BCUT2D eigenvalue weighted by Crippen LogP contribution is 2.39. The van der Waals surface area contributed by atoms with Crippen LogP contribution in [0.3, 0.4) is 0 Å². The first-order valence-corrected chi connectivity index (χ1v) is 13.1. The van der Waals surface area contributed by atoms with Gasteiger partial charge in [0.05, 0.1) is 4.90 Å². The van der Waals surface area contributed by atoms with Crippen LogP contribution in [0.25, 0.3) is 11.1 Å². The van der Waals surface area contributed by atoms with Gasteiger partial charge in [-0.3, -0.25) is 9.35 Å². The molecule has 0 saturated carbocycles. The molecule has 3 aromatic rings. The molecule has 3 fully saturated rings. The van der Waals surface area contributed by atoms with Gasteiger partial charge < -0.3 is 9.80 Å². The molecule has 3 heterocycles. The molecule has 0 unspecified atom stereocenters. The Morgan fingerprint density at radius 3 is 2.12 bits per heavy atom. The van der Waals surface area contributed by atoms with Gasteiger partial charge in [-0.2, -0.15) is 8.42 Å². The summed E-state index contributed by atoms with van der Waals surface area (Å²) in [7, 11) is -4.02. The monoisotopic (exact) mass is 476 g/mol. The predicted octanol–water partition coefficient (Wildman–Crippen LogP) is 4.42. The number of carbonyl (C=O) groups excluding carboxylic acids is 1. The van der Waals surface area contributed by atoms with Gasteiger partial charge in [-0.1, -0.05) is 48.0 Å². The Kier molecular flexibility index (Phi) is 6.02. The highest BCUT2D eigenvalue weighted by molar-refractivity contribution is 7.85. The van der Waals surface area contributed by atoms with E-state index in [-0.39, 0.29) is 10.7 Å². The first-order valence-electron chi connectivity index (χ1n) is 11.6. The van der Waals surface area contributed by atoms with Gasteiger partial charge in [0.15, 0.2) is 5.78 Å². The number of hydrogen-bond acceptors (Lipinski definition) is 5. The highest BCUT2D eigenvalue weighted by Gasteiger charge is 2.31. The van der Waals surface area contributed by atoms with Crippen molar-refractivity contribution in [1.82, 2.24) is 4.90 Å². The second kappa shape index (κ2) is 8.98. The minimum atomic E-state index is -4.02. The number of nitrogens with zero attached hydrogens (tertiary/aromatic N) is 2. The lowest BCUT2D eigenvalue weighted by molar-refractivity contribution is 0.104. The van der Waals surface area contributed by atoms with Crippen molar-refractivity contribution < 1.29 is 17.8 Å². The van der Waals surface area contributed by atoms with Crippen LogP contribution in [0.15, 0.2) is 71.6 Å².